The Hall–Kier alpha value is -3.35. The summed E-state index contributed by atoms with van der Waals surface area (Å²) in [4.78, 5) is 0. The summed E-state index contributed by atoms with van der Waals surface area (Å²) < 4.78 is 52.0. The Labute approximate surface area is 235 Å². The Morgan fingerprint density at radius 3 is 2.28 bits per heavy atom. The summed E-state index contributed by atoms with van der Waals surface area (Å²) in [5.74, 6) is 1.39. The van der Waals surface area contributed by atoms with E-state index in [0.29, 0.717) is 34.6 Å². The Morgan fingerprint density at radius 1 is 0.872 bits per heavy atom. The first-order valence-electron chi connectivity index (χ1n) is 12.5. The lowest BCUT2D eigenvalue weighted by molar-refractivity contribution is -0.137. The molecule has 5 rings (SSSR count). The maximum Gasteiger partial charge on any atom is 0.417 e. The topological polar surface area (TPSA) is 30.5 Å². The highest BCUT2D eigenvalue weighted by atomic mass is 35.5. The standard InChI is InChI=1S/C31H26Cl2F3NO2/c1-19-14-27(32)30(28(33)15-19)39-13-12-38-23-9-6-20(7-10-23)16-22-18-37-29-17-21(8-11-25(22)29)24-4-2-3-5-26(24)31(34,35)36/h2-11,14-15,17,22,37H,12-13,16,18H2,1H3. The van der Waals surface area contributed by atoms with Crippen molar-refractivity contribution < 1.29 is 22.6 Å². The third kappa shape index (κ3) is 6.29. The third-order valence-corrected chi connectivity index (χ3v) is 7.28. The summed E-state index contributed by atoms with van der Waals surface area (Å²) in [6.07, 6.45) is -3.61. The van der Waals surface area contributed by atoms with Crippen LogP contribution in [-0.4, -0.2) is 19.8 Å². The van der Waals surface area contributed by atoms with Gasteiger partial charge in [-0.1, -0.05) is 65.7 Å². The van der Waals surface area contributed by atoms with Gasteiger partial charge in [-0.25, -0.2) is 0 Å². The normalized spacial score (nSPS) is 14.6. The van der Waals surface area contributed by atoms with Crippen molar-refractivity contribution in [3.63, 3.8) is 0 Å². The average Bonchev–Trinajstić information content (AvgIpc) is 3.30. The number of benzene rings is 4. The first-order chi connectivity index (χ1) is 18.7. The van der Waals surface area contributed by atoms with Gasteiger partial charge in [0, 0.05) is 18.2 Å². The molecule has 0 fully saturated rings. The van der Waals surface area contributed by atoms with Gasteiger partial charge in [-0.2, -0.15) is 13.2 Å². The molecule has 0 saturated carbocycles. The van der Waals surface area contributed by atoms with E-state index in [9.17, 15) is 13.2 Å². The molecule has 0 bridgehead atoms. The quantitative estimate of drug-likeness (QED) is 0.214. The first-order valence-corrected chi connectivity index (χ1v) is 13.3. The minimum atomic E-state index is -4.41. The van der Waals surface area contributed by atoms with Gasteiger partial charge in [-0.15, -0.1) is 0 Å². The smallest absolute Gasteiger partial charge is 0.417 e. The fraction of sp³-hybridized carbons (Fsp3) is 0.226. The van der Waals surface area contributed by atoms with Crippen LogP contribution in [0.15, 0.2) is 78.9 Å². The van der Waals surface area contributed by atoms with Gasteiger partial charge in [0.05, 0.1) is 15.6 Å². The van der Waals surface area contributed by atoms with E-state index in [-0.39, 0.29) is 11.5 Å². The molecule has 39 heavy (non-hydrogen) atoms. The molecule has 0 amide bonds. The maximum atomic E-state index is 13.5. The number of rotatable bonds is 8. The van der Waals surface area contributed by atoms with Crippen LogP contribution < -0.4 is 14.8 Å². The molecule has 0 aromatic heterocycles. The van der Waals surface area contributed by atoms with E-state index in [4.69, 9.17) is 32.7 Å². The van der Waals surface area contributed by atoms with Crippen LogP contribution in [0, 0.1) is 6.92 Å². The molecule has 202 valence electrons. The van der Waals surface area contributed by atoms with Gasteiger partial charge in [0.2, 0.25) is 0 Å². The Bertz CT molecular complexity index is 1450. The molecule has 1 heterocycles. The molecule has 1 N–H and O–H groups in total. The monoisotopic (exact) mass is 571 g/mol. The van der Waals surface area contributed by atoms with E-state index in [1.807, 2.05) is 43.3 Å². The van der Waals surface area contributed by atoms with E-state index in [1.165, 1.54) is 12.1 Å². The molecule has 8 heteroatoms. The third-order valence-electron chi connectivity index (χ3n) is 6.72. The average molecular weight is 572 g/mol. The number of hydrogen-bond donors (Lipinski definition) is 1. The van der Waals surface area contributed by atoms with E-state index < -0.39 is 11.7 Å². The molecule has 1 aliphatic heterocycles. The highest BCUT2D eigenvalue weighted by Crippen LogP contribution is 2.41. The zero-order chi connectivity index (χ0) is 27.6. The predicted octanol–water partition coefficient (Wildman–Crippen LogP) is 9.20. The summed E-state index contributed by atoms with van der Waals surface area (Å²) in [7, 11) is 0. The van der Waals surface area contributed by atoms with Crippen LogP contribution in [0.1, 0.15) is 28.2 Å². The highest BCUT2D eigenvalue weighted by molar-refractivity contribution is 6.37. The second-order valence-electron chi connectivity index (χ2n) is 9.53. The van der Waals surface area contributed by atoms with E-state index in [0.717, 1.165) is 47.2 Å². The van der Waals surface area contributed by atoms with Crippen LogP contribution in [0.3, 0.4) is 0 Å². The van der Waals surface area contributed by atoms with Crippen LogP contribution in [0.5, 0.6) is 11.5 Å². The second kappa shape index (κ2) is 11.4. The highest BCUT2D eigenvalue weighted by Gasteiger charge is 2.33. The zero-order valence-corrected chi connectivity index (χ0v) is 22.6. The van der Waals surface area contributed by atoms with E-state index >= 15 is 0 Å². The molecule has 4 aromatic rings. The molecule has 1 unspecified atom stereocenters. The molecule has 1 aliphatic rings. The number of halogens is 5. The number of ether oxygens (including phenoxy) is 2. The minimum absolute atomic E-state index is 0.184. The summed E-state index contributed by atoms with van der Waals surface area (Å²) in [5, 5.41) is 4.30. The molecule has 0 saturated heterocycles. The van der Waals surface area contributed by atoms with E-state index in [1.54, 1.807) is 24.3 Å². The van der Waals surface area contributed by atoms with Crippen molar-refractivity contribution in [1.82, 2.24) is 0 Å². The molecule has 0 radical (unpaired) electrons. The largest absolute Gasteiger partial charge is 0.490 e. The van der Waals surface area contributed by atoms with Crippen LogP contribution in [-0.2, 0) is 12.6 Å². The Morgan fingerprint density at radius 2 is 1.56 bits per heavy atom. The van der Waals surface area contributed by atoms with Gasteiger partial charge in [0.1, 0.15) is 19.0 Å². The molecular formula is C31H26Cl2F3NO2. The fourth-order valence-electron chi connectivity index (χ4n) is 4.87. The number of hydrogen-bond acceptors (Lipinski definition) is 3. The van der Waals surface area contributed by atoms with Gasteiger partial charge in [-0.05, 0) is 77.6 Å². The van der Waals surface area contributed by atoms with Gasteiger partial charge in [0.15, 0.2) is 5.75 Å². The molecule has 0 spiro atoms. The minimum Gasteiger partial charge on any atom is -0.490 e. The number of aryl methyl sites for hydroxylation is 1. The number of anilines is 1. The summed E-state index contributed by atoms with van der Waals surface area (Å²) in [6.45, 7) is 3.26. The fourth-order valence-corrected chi connectivity index (χ4v) is 5.58. The SMILES string of the molecule is Cc1cc(Cl)c(OCCOc2ccc(CC3CNc4cc(-c5ccccc5C(F)(F)F)ccc43)cc2)c(Cl)c1. The molecule has 4 aromatic carbocycles. The number of nitrogens with one attached hydrogen (secondary N) is 1. The van der Waals surface area contributed by atoms with Crippen molar-refractivity contribution in [3.05, 3.63) is 111 Å². The molecule has 1 atom stereocenters. The Kier molecular flexibility index (Phi) is 7.96. The lowest BCUT2D eigenvalue weighted by Crippen LogP contribution is -2.09. The van der Waals surface area contributed by atoms with Gasteiger partial charge < -0.3 is 14.8 Å². The number of alkyl halides is 3. The van der Waals surface area contributed by atoms with Crippen molar-refractivity contribution in [3.8, 4) is 22.6 Å². The van der Waals surface area contributed by atoms with Crippen molar-refractivity contribution in [1.29, 1.82) is 0 Å². The second-order valence-corrected chi connectivity index (χ2v) is 10.3. The van der Waals surface area contributed by atoms with Crippen molar-refractivity contribution in [2.75, 3.05) is 25.1 Å². The lowest BCUT2D eigenvalue weighted by atomic mass is 9.91. The summed E-state index contributed by atoms with van der Waals surface area (Å²) in [6, 6.07) is 22.7. The molecule has 0 aliphatic carbocycles. The Balaban J connectivity index is 1.18. The predicted molar refractivity (Wildman–Crippen MR) is 150 cm³/mol. The number of fused-ring (bicyclic) bond motifs is 1. The molecule has 3 nitrogen and oxygen atoms in total. The molecular weight excluding hydrogens is 546 g/mol. The van der Waals surface area contributed by atoms with Crippen LogP contribution >= 0.6 is 23.2 Å². The lowest BCUT2D eigenvalue weighted by Gasteiger charge is -2.15. The van der Waals surface area contributed by atoms with Crippen molar-refractivity contribution in [2.45, 2.75) is 25.4 Å². The van der Waals surface area contributed by atoms with E-state index in [2.05, 4.69) is 5.32 Å². The first kappa shape index (κ1) is 27.2. The van der Waals surface area contributed by atoms with Crippen LogP contribution in [0.4, 0.5) is 18.9 Å². The van der Waals surface area contributed by atoms with Gasteiger partial charge in [-0.3, -0.25) is 0 Å². The van der Waals surface area contributed by atoms with Gasteiger partial charge in [0.25, 0.3) is 0 Å². The maximum absolute atomic E-state index is 13.5. The van der Waals surface area contributed by atoms with Crippen molar-refractivity contribution in [2.24, 2.45) is 0 Å². The van der Waals surface area contributed by atoms with Gasteiger partial charge >= 0.3 is 6.18 Å². The van der Waals surface area contributed by atoms with Crippen LogP contribution in [0.2, 0.25) is 10.0 Å². The van der Waals surface area contributed by atoms with Crippen LogP contribution in [0.25, 0.3) is 11.1 Å². The van der Waals surface area contributed by atoms with Crippen molar-refractivity contribution >= 4 is 28.9 Å². The summed E-state index contributed by atoms with van der Waals surface area (Å²) >= 11 is 12.4. The zero-order valence-electron chi connectivity index (χ0n) is 21.1. The summed E-state index contributed by atoms with van der Waals surface area (Å²) in [5.41, 5.74) is 4.19.